The van der Waals surface area contributed by atoms with E-state index < -0.39 is 4.92 Å². The van der Waals surface area contributed by atoms with E-state index in [4.69, 9.17) is 0 Å². The molecule has 0 aliphatic carbocycles. The number of benzene rings is 2. The second-order valence-corrected chi connectivity index (χ2v) is 4.17. The highest BCUT2D eigenvalue weighted by Gasteiger charge is 2.03. The Balaban J connectivity index is 2.08. The number of non-ortho nitro benzene ring substituents is 1. The zero-order chi connectivity index (χ0) is 15.1. The Morgan fingerprint density at radius 1 is 1.10 bits per heavy atom. The molecule has 0 bridgehead atoms. The van der Waals surface area contributed by atoms with Gasteiger partial charge >= 0.3 is 0 Å². The molecule has 0 N–H and O–H groups in total. The Labute approximate surface area is 121 Å². The van der Waals surface area contributed by atoms with Gasteiger partial charge in [0.25, 0.3) is 5.69 Å². The van der Waals surface area contributed by atoms with Crippen LogP contribution < -0.4 is 0 Å². The molecule has 0 aliphatic heterocycles. The summed E-state index contributed by atoms with van der Waals surface area (Å²) in [5.74, 6) is 4.89. The second-order valence-electron chi connectivity index (χ2n) is 4.17. The van der Waals surface area contributed by atoms with Crippen molar-refractivity contribution in [2.45, 2.75) is 0 Å². The normalized spacial score (nSPS) is 9.90. The van der Waals surface area contributed by atoms with Gasteiger partial charge in [-0.3, -0.25) is 14.9 Å². The zero-order valence-electron chi connectivity index (χ0n) is 11.0. The lowest BCUT2D eigenvalue weighted by molar-refractivity contribution is -0.384. The molecule has 2 aromatic carbocycles. The fourth-order valence-electron chi connectivity index (χ4n) is 1.61. The lowest BCUT2D eigenvalue weighted by atomic mass is 10.1. The van der Waals surface area contributed by atoms with Crippen molar-refractivity contribution in [3.05, 3.63) is 81.9 Å². The van der Waals surface area contributed by atoms with Gasteiger partial charge in [-0.2, -0.15) is 0 Å². The van der Waals surface area contributed by atoms with Gasteiger partial charge in [0.1, 0.15) is 0 Å². The first-order valence-electron chi connectivity index (χ1n) is 6.19. The molecular weight excluding hydrogens is 266 g/mol. The molecule has 0 amide bonds. The van der Waals surface area contributed by atoms with Crippen molar-refractivity contribution < 1.29 is 9.72 Å². The fraction of sp³-hybridized carbons (Fsp3) is 0. The number of nitrogens with zero attached hydrogens (tertiary/aromatic N) is 1. The van der Waals surface area contributed by atoms with Gasteiger partial charge in [-0.05, 0) is 29.7 Å². The van der Waals surface area contributed by atoms with Gasteiger partial charge in [0, 0.05) is 17.7 Å². The minimum atomic E-state index is -0.478. The van der Waals surface area contributed by atoms with E-state index in [2.05, 4.69) is 11.8 Å². The first-order chi connectivity index (χ1) is 10.1. The van der Waals surface area contributed by atoms with Crippen LogP contribution in [0.5, 0.6) is 0 Å². The van der Waals surface area contributed by atoms with E-state index in [0.29, 0.717) is 5.56 Å². The minimum absolute atomic E-state index is 0.0139. The number of nitro benzene ring substituents is 1. The van der Waals surface area contributed by atoms with Crippen LogP contribution in [0.2, 0.25) is 0 Å². The van der Waals surface area contributed by atoms with Gasteiger partial charge in [-0.1, -0.05) is 42.3 Å². The van der Waals surface area contributed by atoms with Crippen LogP contribution in [0, 0.1) is 22.0 Å². The quantitative estimate of drug-likeness (QED) is 0.374. The number of hydrogen-bond donors (Lipinski definition) is 0. The Morgan fingerprint density at radius 3 is 2.57 bits per heavy atom. The van der Waals surface area contributed by atoms with Crippen LogP contribution in [0.15, 0.2) is 60.7 Å². The van der Waals surface area contributed by atoms with Crippen LogP contribution in [0.3, 0.4) is 0 Å². The topological polar surface area (TPSA) is 60.2 Å². The fourth-order valence-corrected chi connectivity index (χ4v) is 1.61. The molecule has 0 atom stereocenters. The molecule has 0 fully saturated rings. The number of carbonyl (C=O) groups is 1. The van der Waals surface area contributed by atoms with Crippen LogP contribution in [-0.4, -0.2) is 10.7 Å². The van der Waals surface area contributed by atoms with Crippen molar-refractivity contribution >= 4 is 17.5 Å². The summed E-state index contributed by atoms with van der Waals surface area (Å²) in [6.45, 7) is 0. The van der Waals surface area contributed by atoms with E-state index in [0.717, 1.165) is 5.56 Å². The van der Waals surface area contributed by atoms with Crippen LogP contribution in [0.1, 0.15) is 11.1 Å². The number of hydrogen-bond acceptors (Lipinski definition) is 3. The third kappa shape index (κ3) is 4.44. The lowest BCUT2D eigenvalue weighted by Gasteiger charge is -1.93. The Morgan fingerprint density at radius 2 is 1.86 bits per heavy atom. The Bertz CT molecular complexity index is 752. The van der Waals surface area contributed by atoms with Crippen molar-refractivity contribution in [1.29, 1.82) is 0 Å². The second kappa shape index (κ2) is 6.83. The molecule has 0 aromatic heterocycles. The van der Waals surface area contributed by atoms with Crippen molar-refractivity contribution in [3.8, 4) is 11.8 Å². The van der Waals surface area contributed by atoms with Gasteiger partial charge in [-0.15, -0.1) is 0 Å². The van der Waals surface area contributed by atoms with E-state index in [-0.39, 0.29) is 11.5 Å². The molecule has 4 heteroatoms. The third-order valence-electron chi connectivity index (χ3n) is 2.61. The van der Waals surface area contributed by atoms with Gasteiger partial charge in [0.15, 0.2) is 0 Å². The van der Waals surface area contributed by atoms with E-state index in [9.17, 15) is 14.9 Å². The van der Waals surface area contributed by atoms with Gasteiger partial charge in [0.05, 0.1) is 4.92 Å². The molecule has 0 spiro atoms. The van der Waals surface area contributed by atoms with Crippen molar-refractivity contribution in [2.75, 3.05) is 0 Å². The third-order valence-corrected chi connectivity index (χ3v) is 2.61. The van der Waals surface area contributed by atoms with Gasteiger partial charge < -0.3 is 0 Å². The molecule has 0 heterocycles. The Hall–Kier alpha value is -3.19. The maximum Gasteiger partial charge on any atom is 0.270 e. The van der Waals surface area contributed by atoms with Crippen LogP contribution in [0.4, 0.5) is 5.69 Å². The number of rotatable bonds is 3. The number of allylic oxidation sites excluding steroid dienone is 1. The predicted molar refractivity (Wildman–Crippen MR) is 80.5 cm³/mol. The average Bonchev–Trinajstić information content (AvgIpc) is 2.52. The molecule has 0 radical (unpaired) electrons. The zero-order valence-corrected chi connectivity index (χ0v) is 11.0. The molecule has 0 saturated carbocycles. The molecule has 4 nitrogen and oxygen atoms in total. The largest absolute Gasteiger partial charge is 0.280 e. The highest BCUT2D eigenvalue weighted by molar-refractivity contribution is 6.06. The summed E-state index contributed by atoms with van der Waals surface area (Å²) in [6.07, 6.45) is 2.81. The molecule has 102 valence electrons. The summed E-state index contributed by atoms with van der Waals surface area (Å²) in [5.41, 5.74) is 1.33. The smallest absolute Gasteiger partial charge is 0.270 e. The van der Waals surface area contributed by atoms with E-state index in [1.807, 2.05) is 30.3 Å². The van der Waals surface area contributed by atoms with Crippen molar-refractivity contribution in [3.63, 3.8) is 0 Å². The monoisotopic (exact) mass is 277 g/mol. The average molecular weight is 277 g/mol. The molecular formula is C17H11NO3. The molecule has 0 unspecified atom stereocenters. The highest BCUT2D eigenvalue weighted by atomic mass is 16.6. The van der Waals surface area contributed by atoms with Gasteiger partial charge in [0.2, 0.25) is 5.78 Å². The SMILES string of the molecule is O=C(C#Cc1ccccc1)/C=C/c1cccc([N+](=O)[O-])c1. The van der Waals surface area contributed by atoms with Crippen molar-refractivity contribution in [2.24, 2.45) is 0 Å². The van der Waals surface area contributed by atoms with Crippen LogP contribution in [0.25, 0.3) is 6.08 Å². The molecule has 2 aromatic rings. The summed E-state index contributed by atoms with van der Waals surface area (Å²) < 4.78 is 0. The maximum atomic E-state index is 11.6. The Kier molecular flexibility index (Phi) is 4.62. The van der Waals surface area contributed by atoms with Crippen molar-refractivity contribution in [1.82, 2.24) is 0 Å². The van der Waals surface area contributed by atoms with Crippen LogP contribution in [-0.2, 0) is 4.79 Å². The van der Waals surface area contributed by atoms with Crippen LogP contribution >= 0.6 is 0 Å². The molecule has 2 rings (SSSR count). The minimum Gasteiger partial charge on any atom is -0.280 e. The standard InChI is InChI=1S/C17H11NO3/c19-17(11-9-14-5-2-1-3-6-14)12-10-15-7-4-8-16(13-15)18(20)21/h1-8,10,12-13H/b12-10+. The summed E-state index contributed by atoms with van der Waals surface area (Å²) in [6, 6.07) is 15.2. The summed E-state index contributed by atoms with van der Waals surface area (Å²) in [5, 5.41) is 10.6. The number of nitro groups is 1. The first-order valence-corrected chi connectivity index (χ1v) is 6.19. The predicted octanol–water partition coefficient (Wildman–Crippen LogP) is 3.23. The number of ketones is 1. The molecule has 21 heavy (non-hydrogen) atoms. The van der Waals surface area contributed by atoms with E-state index >= 15 is 0 Å². The molecule has 0 aliphatic rings. The summed E-state index contributed by atoms with van der Waals surface area (Å²) >= 11 is 0. The van der Waals surface area contributed by atoms with E-state index in [1.54, 1.807) is 12.1 Å². The summed E-state index contributed by atoms with van der Waals surface area (Å²) in [7, 11) is 0. The summed E-state index contributed by atoms with van der Waals surface area (Å²) in [4.78, 5) is 21.8. The highest BCUT2D eigenvalue weighted by Crippen LogP contribution is 2.13. The first kappa shape index (κ1) is 14.2. The number of carbonyl (C=O) groups excluding carboxylic acids is 1. The maximum absolute atomic E-state index is 11.6. The van der Waals surface area contributed by atoms with Gasteiger partial charge in [-0.25, -0.2) is 0 Å². The lowest BCUT2D eigenvalue weighted by Crippen LogP contribution is -1.89. The molecule has 0 saturated heterocycles. The van der Waals surface area contributed by atoms with E-state index in [1.165, 1.54) is 24.3 Å².